The van der Waals surface area contributed by atoms with Crippen LogP contribution in [0.1, 0.15) is 13.3 Å². The molecule has 1 aromatic heterocycles. The first-order valence-electron chi connectivity index (χ1n) is 6.94. The number of amides is 1. The Kier molecular flexibility index (Phi) is 5.04. The van der Waals surface area contributed by atoms with Crippen LogP contribution in [0.4, 0.5) is 19.1 Å². The van der Waals surface area contributed by atoms with Crippen molar-refractivity contribution in [3.63, 3.8) is 0 Å². The lowest BCUT2D eigenvalue weighted by atomic mass is 10.3. The number of ether oxygens (including phenoxy) is 1. The number of halogens is 3. The Labute approximate surface area is 125 Å². The highest BCUT2D eigenvalue weighted by molar-refractivity contribution is 5.77. The maximum Gasteiger partial charge on any atom is 0.397 e. The van der Waals surface area contributed by atoms with E-state index in [9.17, 15) is 18.0 Å². The van der Waals surface area contributed by atoms with Gasteiger partial charge in [0, 0.05) is 38.4 Å². The molecule has 1 aliphatic rings. The molecule has 9 heteroatoms. The van der Waals surface area contributed by atoms with E-state index in [1.165, 1.54) is 4.90 Å². The average molecular weight is 318 g/mol. The fraction of sp³-hybridized carbons (Fsp3) is 0.615. The van der Waals surface area contributed by atoms with Crippen molar-refractivity contribution in [2.24, 2.45) is 0 Å². The number of aromatic nitrogens is 2. The second-order valence-corrected chi connectivity index (χ2v) is 4.79. The van der Waals surface area contributed by atoms with Crippen molar-refractivity contribution >= 4 is 11.9 Å². The number of nitrogens with zero attached hydrogens (tertiary/aromatic N) is 4. The summed E-state index contributed by atoms with van der Waals surface area (Å²) >= 11 is 0. The predicted octanol–water partition coefficient (Wildman–Crippen LogP) is 1.48. The summed E-state index contributed by atoms with van der Waals surface area (Å²) in [7, 11) is 0. The fourth-order valence-corrected chi connectivity index (χ4v) is 2.15. The zero-order valence-electron chi connectivity index (χ0n) is 12.1. The quantitative estimate of drug-likeness (QED) is 0.841. The van der Waals surface area contributed by atoms with Crippen LogP contribution in [0.3, 0.4) is 0 Å². The summed E-state index contributed by atoms with van der Waals surface area (Å²) in [6.45, 7) is 3.54. The van der Waals surface area contributed by atoms with Crippen LogP contribution in [0.5, 0.6) is 5.88 Å². The second-order valence-electron chi connectivity index (χ2n) is 4.79. The number of piperazine rings is 1. The molecule has 0 bridgehead atoms. The SMILES string of the molecule is CCOc1ccnc(N2CCN(C(=O)CC(F)(F)F)CC2)n1. The van der Waals surface area contributed by atoms with Gasteiger partial charge in [-0.2, -0.15) is 18.2 Å². The summed E-state index contributed by atoms with van der Waals surface area (Å²) in [4.78, 5) is 22.9. The van der Waals surface area contributed by atoms with Gasteiger partial charge < -0.3 is 14.5 Å². The van der Waals surface area contributed by atoms with Crippen molar-refractivity contribution in [2.45, 2.75) is 19.5 Å². The van der Waals surface area contributed by atoms with E-state index in [0.717, 1.165) is 0 Å². The zero-order chi connectivity index (χ0) is 16.2. The molecular weight excluding hydrogens is 301 g/mol. The predicted molar refractivity (Wildman–Crippen MR) is 72.7 cm³/mol. The number of carbonyl (C=O) groups excluding carboxylic acids is 1. The number of alkyl halides is 3. The Morgan fingerprint density at radius 2 is 2.00 bits per heavy atom. The van der Waals surface area contributed by atoms with Gasteiger partial charge in [-0.3, -0.25) is 4.79 Å². The van der Waals surface area contributed by atoms with Crippen LogP contribution in [-0.2, 0) is 4.79 Å². The normalized spacial score (nSPS) is 15.8. The Morgan fingerprint density at radius 3 is 2.59 bits per heavy atom. The first-order valence-corrected chi connectivity index (χ1v) is 6.94. The van der Waals surface area contributed by atoms with Gasteiger partial charge in [-0.15, -0.1) is 0 Å². The summed E-state index contributed by atoms with van der Waals surface area (Å²) in [5.41, 5.74) is 0. The van der Waals surface area contributed by atoms with E-state index in [-0.39, 0.29) is 13.1 Å². The number of anilines is 1. The van der Waals surface area contributed by atoms with Gasteiger partial charge in [0.15, 0.2) is 0 Å². The van der Waals surface area contributed by atoms with E-state index in [1.807, 2.05) is 11.8 Å². The zero-order valence-corrected chi connectivity index (χ0v) is 12.1. The van der Waals surface area contributed by atoms with Gasteiger partial charge in [0.05, 0.1) is 6.61 Å². The Morgan fingerprint density at radius 1 is 1.32 bits per heavy atom. The molecule has 0 saturated carbocycles. The van der Waals surface area contributed by atoms with Crippen molar-refractivity contribution in [3.8, 4) is 5.88 Å². The molecule has 0 unspecified atom stereocenters. The van der Waals surface area contributed by atoms with E-state index in [1.54, 1.807) is 12.3 Å². The van der Waals surface area contributed by atoms with Crippen molar-refractivity contribution in [3.05, 3.63) is 12.3 Å². The number of hydrogen-bond donors (Lipinski definition) is 0. The van der Waals surface area contributed by atoms with Gasteiger partial charge in [-0.25, -0.2) is 4.98 Å². The lowest BCUT2D eigenvalue weighted by Crippen LogP contribution is -2.50. The summed E-state index contributed by atoms with van der Waals surface area (Å²) in [6.07, 6.45) is -4.32. The van der Waals surface area contributed by atoms with Crippen LogP contribution < -0.4 is 9.64 Å². The minimum atomic E-state index is -4.47. The van der Waals surface area contributed by atoms with Gasteiger partial charge in [0.2, 0.25) is 17.7 Å². The summed E-state index contributed by atoms with van der Waals surface area (Å²) in [5, 5.41) is 0. The lowest BCUT2D eigenvalue weighted by Gasteiger charge is -2.34. The molecule has 0 atom stereocenters. The molecule has 2 rings (SSSR count). The Bertz CT molecular complexity index is 516. The van der Waals surface area contributed by atoms with E-state index in [0.29, 0.717) is 31.5 Å². The highest BCUT2D eigenvalue weighted by atomic mass is 19.4. The number of rotatable bonds is 4. The van der Waals surface area contributed by atoms with Crippen molar-refractivity contribution in [1.29, 1.82) is 0 Å². The molecule has 0 spiro atoms. The maximum atomic E-state index is 12.2. The molecule has 1 amide bonds. The molecule has 6 nitrogen and oxygen atoms in total. The van der Waals surface area contributed by atoms with Gasteiger partial charge in [0.1, 0.15) is 6.42 Å². The molecule has 0 radical (unpaired) electrons. The number of carbonyl (C=O) groups is 1. The highest BCUT2D eigenvalue weighted by Crippen LogP contribution is 2.22. The third kappa shape index (κ3) is 4.47. The lowest BCUT2D eigenvalue weighted by molar-refractivity contribution is -0.161. The number of hydrogen-bond acceptors (Lipinski definition) is 5. The topological polar surface area (TPSA) is 58.6 Å². The largest absolute Gasteiger partial charge is 0.478 e. The van der Waals surface area contributed by atoms with Crippen molar-refractivity contribution < 1.29 is 22.7 Å². The van der Waals surface area contributed by atoms with Crippen LogP contribution in [-0.4, -0.2) is 59.7 Å². The van der Waals surface area contributed by atoms with Gasteiger partial charge in [0.25, 0.3) is 0 Å². The van der Waals surface area contributed by atoms with E-state index in [4.69, 9.17) is 4.74 Å². The van der Waals surface area contributed by atoms with Crippen LogP contribution in [0.25, 0.3) is 0 Å². The summed E-state index contributed by atoms with van der Waals surface area (Å²) in [6, 6.07) is 1.64. The third-order valence-corrected chi connectivity index (χ3v) is 3.18. The molecule has 0 N–H and O–H groups in total. The summed E-state index contributed by atoms with van der Waals surface area (Å²) < 4.78 is 42.0. The second kappa shape index (κ2) is 6.80. The average Bonchev–Trinajstić information content (AvgIpc) is 2.46. The molecule has 0 aromatic carbocycles. The molecule has 0 aliphatic carbocycles. The fourth-order valence-electron chi connectivity index (χ4n) is 2.15. The van der Waals surface area contributed by atoms with Crippen molar-refractivity contribution in [1.82, 2.24) is 14.9 Å². The molecule has 2 heterocycles. The molecule has 22 heavy (non-hydrogen) atoms. The monoisotopic (exact) mass is 318 g/mol. The van der Waals surface area contributed by atoms with Crippen molar-refractivity contribution in [2.75, 3.05) is 37.7 Å². The van der Waals surface area contributed by atoms with Crippen LogP contribution in [0.15, 0.2) is 12.3 Å². The Balaban J connectivity index is 1.92. The van der Waals surface area contributed by atoms with Crippen LogP contribution >= 0.6 is 0 Å². The van der Waals surface area contributed by atoms with Gasteiger partial charge in [-0.05, 0) is 6.92 Å². The molecule has 122 valence electrons. The minimum Gasteiger partial charge on any atom is -0.478 e. The molecule has 1 fully saturated rings. The summed E-state index contributed by atoms with van der Waals surface area (Å²) in [5.74, 6) is 0.00748. The third-order valence-electron chi connectivity index (χ3n) is 3.18. The standard InChI is InChI=1S/C13H17F3N4O2/c1-2-22-10-3-4-17-12(18-10)20-7-5-19(6-8-20)11(21)9-13(14,15)16/h3-4H,2,5-9H2,1H3. The van der Waals surface area contributed by atoms with Crippen LogP contribution in [0.2, 0.25) is 0 Å². The highest BCUT2D eigenvalue weighted by Gasteiger charge is 2.34. The van der Waals surface area contributed by atoms with E-state index < -0.39 is 18.5 Å². The van der Waals surface area contributed by atoms with E-state index >= 15 is 0 Å². The molecule has 1 aromatic rings. The maximum absolute atomic E-state index is 12.2. The molecule has 1 aliphatic heterocycles. The first kappa shape index (κ1) is 16.3. The molecule has 1 saturated heterocycles. The Hall–Kier alpha value is -2.06. The minimum absolute atomic E-state index is 0.219. The first-order chi connectivity index (χ1) is 10.4. The molecular formula is C13H17F3N4O2. The van der Waals surface area contributed by atoms with Crippen LogP contribution in [0, 0.1) is 0 Å². The smallest absolute Gasteiger partial charge is 0.397 e. The van der Waals surface area contributed by atoms with Gasteiger partial charge >= 0.3 is 6.18 Å². The van der Waals surface area contributed by atoms with E-state index in [2.05, 4.69) is 9.97 Å². The van der Waals surface area contributed by atoms with Gasteiger partial charge in [-0.1, -0.05) is 0 Å².